The molecule has 3 atom stereocenters. The molecule has 12 nitrogen and oxygen atoms in total. The number of rotatable bonds is 15. The van der Waals surface area contributed by atoms with E-state index in [4.69, 9.17) is 9.47 Å². The molecule has 256 valence electrons. The zero-order valence-corrected chi connectivity index (χ0v) is 27.9. The molecule has 4 aromatic carbocycles. The number of unbranched alkanes of at least 4 members (excludes halogenated alkanes) is 1. The SMILES string of the molecule is CCCC(OC(=O)[C@@H](C)c1ccc2cc(C)ccc2c1)O[N+](=O)[O-].Cc1ccc2cc([C@H](C)C(=O)OCCCCO[N+](=O)[O-])ccc2c1. The summed E-state index contributed by atoms with van der Waals surface area (Å²) in [6.07, 6.45) is 0.718. The molecule has 0 saturated carbocycles. The van der Waals surface area contributed by atoms with Crippen LogP contribution in [0.25, 0.3) is 21.5 Å². The zero-order valence-electron chi connectivity index (χ0n) is 27.9. The van der Waals surface area contributed by atoms with Gasteiger partial charge >= 0.3 is 11.9 Å². The summed E-state index contributed by atoms with van der Waals surface area (Å²) in [6.45, 7) is 9.68. The van der Waals surface area contributed by atoms with Gasteiger partial charge in [-0.3, -0.25) is 14.4 Å². The summed E-state index contributed by atoms with van der Waals surface area (Å²) in [5.41, 5.74) is 4.08. The molecule has 4 aromatic rings. The third kappa shape index (κ3) is 11.5. The number of nitrogens with zero attached hydrogens (tertiary/aromatic N) is 2. The summed E-state index contributed by atoms with van der Waals surface area (Å²) >= 11 is 0. The standard InChI is InChI=1S/2C18H21NO5/c1-13-5-6-17-12-15(7-8-16(17)11-13)14(2)18(20)23-9-3-4-10-24-19(21)22;1-4-5-17(24-19(21)22)23-18(20)13(3)14-8-9-15-10-12(2)6-7-16(15)11-14/h5-8,11-12,14H,3-4,9-10H2,1-2H3;6-11,13,17H,4-5H2,1-3H3/t14-;13-,17?/m00/s1. The molecule has 4 rings (SSSR count). The first-order chi connectivity index (χ1) is 22.9. The molecule has 12 heteroatoms. The molecule has 0 aliphatic heterocycles. The summed E-state index contributed by atoms with van der Waals surface area (Å²) < 4.78 is 10.4. The van der Waals surface area contributed by atoms with Crippen LogP contribution in [0.2, 0.25) is 0 Å². The first-order valence-corrected chi connectivity index (χ1v) is 15.8. The quantitative estimate of drug-likeness (QED) is 0.0403. The number of fused-ring (bicyclic) bond motifs is 2. The molecule has 0 heterocycles. The third-order valence-electron chi connectivity index (χ3n) is 7.70. The Bertz CT molecular complexity index is 1720. The van der Waals surface area contributed by atoms with Gasteiger partial charge in [0.25, 0.3) is 10.2 Å². The lowest BCUT2D eigenvalue weighted by atomic mass is 9.97. The first-order valence-electron chi connectivity index (χ1n) is 15.8. The fraction of sp³-hybridized carbons (Fsp3) is 0.389. The lowest BCUT2D eigenvalue weighted by Crippen LogP contribution is -2.26. The molecule has 0 amide bonds. The van der Waals surface area contributed by atoms with Crippen LogP contribution in [-0.2, 0) is 28.7 Å². The van der Waals surface area contributed by atoms with Crippen LogP contribution in [0.15, 0.2) is 72.8 Å². The van der Waals surface area contributed by atoms with Crippen molar-refractivity contribution in [3.8, 4) is 0 Å². The highest BCUT2D eigenvalue weighted by Crippen LogP contribution is 2.25. The molecule has 1 unspecified atom stereocenters. The summed E-state index contributed by atoms with van der Waals surface area (Å²) in [4.78, 5) is 53.5. The van der Waals surface area contributed by atoms with E-state index in [1.807, 2.05) is 88.4 Å². The van der Waals surface area contributed by atoms with Crippen LogP contribution in [0.1, 0.15) is 80.5 Å². The van der Waals surface area contributed by atoms with E-state index in [-0.39, 0.29) is 31.5 Å². The van der Waals surface area contributed by atoms with E-state index in [1.54, 1.807) is 6.92 Å². The molecule has 0 aliphatic carbocycles. The van der Waals surface area contributed by atoms with Gasteiger partial charge in [0.15, 0.2) is 0 Å². The zero-order chi connectivity index (χ0) is 35.2. The van der Waals surface area contributed by atoms with Gasteiger partial charge in [0, 0.05) is 6.42 Å². The van der Waals surface area contributed by atoms with Crippen LogP contribution in [0.5, 0.6) is 0 Å². The summed E-state index contributed by atoms with van der Waals surface area (Å²) in [5, 5.41) is 23.1. The molecular weight excluding hydrogens is 620 g/mol. The fourth-order valence-electron chi connectivity index (χ4n) is 4.92. The van der Waals surface area contributed by atoms with Crippen molar-refractivity contribution >= 4 is 33.5 Å². The maximum Gasteiger partial charge on any atom is 0.315 e. The number of carbonyl (C=O) groups excluding carboxylic acids is 2. The number of hydrogen-bond acceptors (Lipinski definition) is 10. The van der Waals surface area contributed by atoms with Crippen molar-refractivity contribution in [3.05, 3.63) is 115 Å². The molecule has 0 aliphatic rings. The van der Waals surface area contributed by atoms with E-state index in [1.165, 1.54) is 11.1 Å². The molecule has 0 fully saturated rings. The Kier molecular flexibility index (Phi) is 14.1. The maximum atomic E-state index is 12.3. The van der Waals surface area contributed by atoms with Crippen LogP contribution in [0.4, 0.5) is 0 Å². The third-order valence-corrected chi connectivity index (χ3v) is 7.70. The molecule has 0 spiro atoms. The van der Waals surface area contributed by atoms with Crippen molar-refractivity contribution in [1.82, 2.24) is 0 Å². The Morgan fingerprint density at radius 3 is 1.67 bits per heavy atom. The van der Waals surface area contributed by atoms with Crippen molar-refractivity contribution < 1.29 is 38.9 Å². The Labute approximate surface area is 279 Å². The van der Waals surface area contributed by atoms with Gasteiger partial charge in [-0.2, -0.15) is 0 Å². The van der Waals surface area contributed by atoms with Crippen LogP contribution in [0, 0.1) is 34.1 Å². The van der Waals surface area contributed by atoms with Gasteiger partial charge in [-0.05, 0) is 73.2 Å². The first kappa shape index (κ1) is 37.2. The van der Waals surface area contributed by atoms with E-state index in [9.17, 15) is 29.8 Å². The van der Waals surface area contributed by atoms with E-state index in [2.05, 4.69) is 21.8 Å². The minimum Gasteiger partial charge on any atom is -0.465 e. The normalized spacial score (nSPS) is 12.6. The number of hydrogen-bond donors (Lipinski definition) is 0. The van der Waals surface area contributed by atoms with Gasteiger partial charge < -0.3 is 14.3 Å². The summed E-state index contributed by atoms with van der Waals surface area (Å²) in [6, 6.07) is 24.0. The highest BCUT2D eigenvalue weighted by atomic mass is 17.0. The number of carbonyl (C=O) groups is 2. The second-order valence-corrected chi connectivity index (χ2v) is 11.6. The van der Waals surface area contributed by atoms with Gasteiger partial charge in [-0.15, -0.1) is 20.2 Å². The average molecular weight is 663 g/mol. The molecule has 0 saturated heterocycles. The average Bonchev–Trinajstić information content (AvgIpc) is 3.05. The molecule has 48 heavy (non-hydrogen) atoms. The number of benzene rings is 4. The topological polar surface area (TPSA) is 157 Å². The van der Waals surface area contributed by atoms with E-state index in [0.29, 0.717) is 19.3 Å². The Balaban J connectivity index is 0.000000260. The minimum absolute atomic E-state index is 0.0181. The van der Waals surface area contributed by atoms with Crippen LogP contribution < -0.4 is 0 Å². The van der Waals surface area contributed by atoms with Gasteiger partial charge in [-0.25, -0.2) is 0 Å². The molecule has 0 radical (unpaired) electrons. The lowest BCUT2D eigenvalue weighted by molar-refractivity contribution is -0.779. The summed E-state index contributed by atoms with van der Waals surface area (Å²) in [5.74, 6) is -1.73. The highest BCUT2D eigenvalue weighted by Gasteiger charge is 2.23. The predicted molar refractivity (Wildman–Crippen MR) is 180 cm³/mol. The van der Waals surface area contributed by atoms with Crippen molar-refractivity contribution in [1.29, 1.82) is 0 Å². The van der Waals surface area contributed by atoms with Crippen LogP contribution >= 0.6 is 0 Å². The number of ether oxygens (including phenoxy) is 2. The van der Waals surface area contributed by atoms with Crippen molar-refractivity contribution in [3.63, 3.8) is 0 Å². The monoisotopic (exact) mass is 662 g/mol. The molecule has 0 N–H and O–H groups in total. The highest BCUT2D eigenvalue weighted by molar-refractivity contribution is 5.87. The van der Waals surface area contributed by atoms with Crippen LogP contribution in [0.3, 0.4) is 0 Å². The van der Waals surface area contributed by atoms with E-state index < -0.39 is 28.4 Å². The lowest BCUT2D eigenvalue weighted by Gasteiger charge is -2.18. The largest absolute Gasteiger partial charge is 0.465 e. The Morgan fingerprint density at radius 1 is 0.688 bits per heavy atom. The predicted octanol–water partition coefficient (Wildman–Crippen LogP) is 7.91. The van der Waals surface area contributed by atoms with E-state index in [0.717, 1.165) is 32.7 Å². The fourth-order valence-corrected chi connectivity index (χ4v) is 4.92. The van der Waals surface area contributed by atoms with Crippen molar-refractivity contribution in [2.75, 3.05) is 13.2 Å². The second-order valence-electron chi connectivity index (χ2n) is 11.6. The van der Waals surface area contributed by atoms with Gasteiger partial charge in [-0.1, -0.05) is 97.3 Å². The smallest absolute Gasteiger partial charge is 0.315 e. The van der Waals surface area contributed by atoms with E-state index >= 15 is 0 Å². The van der Waals surface area contributed by atoms with Crippen molar-refractivity contribution in [2.24, 2.45) is 0 Å². The summed E-state index contributed by atoms with van der Waals surface area (Å²) in [7, 11) is 0. The number of aryl methyl sites for hydroxylation is 2. The Morgan fingerprint density at radius 2 is 1.17 bits per heavy atom. The second kappa shape index (κ2) is 18.2. The van der Waals surface area contributed by atoms with Gasteiger partial charge in [0.2, 0.25) is 6.29 Å². The van der Waals surface area contributed by atoms with Crippen molar-refractivity contribution in [2.45, 2.75) is 78.4 Å². The maximum absolute atomic E-state index is 12.3. The van der Waals surface area contributed by atoms with Crippen LogP contribution in [-0.4, -0.2) is 41.6 Å². The molecule has 0 aromatic heterocycles. The molecule has 0 bridgehead atoms. The van der Waals surface area contributed by atoms with Gasteiger partial charge in [0.1, 0.15) is 0 Å². The molecular formula is C36H42N2O10. The number of esters is 2. The Hall–Kier alpha value is -5.26. The minimum atomic E-state index is -1.16. The van der Waals surface area contributed by atoms with Gasteiger partial charge in [0.05, 0.1) is 25.0 Å².